The second-order valence-electron chi connectivity index (χ2n) is 4.25. The third-order valence-electron chi connectivity index (χ3n) is 2.44. The van der Waals surface area contributed by atoms with E-state index in [9.17, 15) is 0 Å². The summed E-state index contributed by atoms with van der Waals surface area (Å²) in [5.41, 5.74) is 1.23. The zero-order chi connectivity index (χ0) is 12.3. The Morgan fingerprint density at radius 1 is 1.47 bits per heavy atom. The van der Waals surface area contributed by atoms with Gasteiger partial charge < -0.3 is 9.88 Å². The largest absolute Gasteiger partial charge is 0.328 e. The number of aromatic nitrogens is 2. The number of hydrogen-bond acceptors (Lipinski definition) is 3. The molecule has 0 aliphatic carbocycles. The highest BCUT2D eigenvalue weighted by atomic mass is 79.9. The molecule has 92 valence electrons. The minimum absolute atomic E-state index is 0.495. The summed E-state index contributed by atoms with van der Waals surface area (Å²) in [4.78, 5) is 5.55. The summed E-state index contributed by atoms with van der Waals surface area (Å²) in [6.45, 7) is 6.06. The summed E-state index contributed by atoms with van der Waals surface area (Å²) in [5, 5.41) is 3.41. The van der Waals surface area contributed by atoms with E-state index >= 15 is 0 Å². The fourth-order valence-electron chi connectivity index (χ4n) is 1.55. The van der Waals surface area contributed by atoms with E-state index in [2.05, 4.69) is 56.8 Å². The van der Waals surface area contributed by atoms with Gasteiger partial charge in [-0.1, -0.05) is 13.8 Å². The summed E-state index contributed by atoms with van der Waals surface area (Å²) in [6.07, 6.45) is 3.82. The highest BCUT2D eigenvalue weighted by molar-refractivity contribution is 9.11. The number of nitrogens with zero attached hydrogens (tertiary/aromatic N) is 2. The fourth-order valence-corrected chi connectivity index (χ4v) is 3.03. The molecule has 2 heterocycles. The van der Waals surface area contributed by atoms with Crippen LogP contribution in [0.25, 0.3) is 0 Å². The van der Waals surface area contributed by atoms with Gasteiger partial charge in [-0.15, -0.1) is 11.3 Å². The highest BCUT2D eigenvalue weighted by Gasteiger charge is 2.05. The van der Waals surface area contributed by atoms with Crippen molar-refractivity contribution in [3.63, 3.8) is 0 Å². The molecule has 0 radical (unpaired) electrons. The number of nitrogens with one attached hydrogen (secondary N) is 1. The Balaban J connectivity index is 2.03. The first-order valence-corrected chi connectivity index (χ1v) is 7.22. The second kappa shape index (κ2) is 5.80. The summed E-state index contributed by atoms with van der Waals surface area (Å²) in [7, 11) is 0. The van der Waals surface area contributed by atoms with Gasteiger partial charge in [-0.25, -0.2) is 4.98 Å². The molecule has 0 saturated heterocycles. The van der Waals surface area contributed by atoms with Gasteiger partial charge >= 0.3 is 0 Å². The third kappa shape index (κ3) is 3.66. The quantitative estimate of drug-likeness (QED) is 0.918. The van der Waals surface area contributed by atoms with Crippen molar-refractivity contribution in [2.24, 2.45) is 0 Å². The maximum absolute atomic E-state index is 4.22. The lowest BCUT2D eigenvalue weighted by Gasteiger charge is -2.10. The van der Waals surface area contributed by atoms with Crippen LogP contribution < -0.4 is 5.32 Å². The highest BCUT2D eigenvalue weighted by Crippen LogP contribution is 2.23. The first-order chi connectivity index (χ1) is 8.15. The predicted octanol–water partition coefficient (Wildman–Crippen LogP) is 3.25. The minimum atomic E-state index is 0.495. The lowest BCUT2D eigenvalue weighted by Crippen LogP contribution is -2.23. The molecule has 0 spiro atoms. The molecular formula is C12H16BrN3S. The number of halogens is 1. The van der Waals surface area contributed by atoms with E-state index in [1.54, 1.807) is 11.3 Å². The Morgan fingerprint density at radius 2 is 2.29 bits per heavy atom. The van der Waals surface area contributed by atoms with Crippen LogP contribution in [0.1, 0.15) is 24.4 Å². The van der Waals surface area contributed by atoms with E-state index in [0.29, 0.717) is 6.04 Å². The third-order valence-corrected chi connectivity index (χ3v) is 4.05. The molecule has 2 aromatic heterocycles. The Hall–Kier alpha value is -0.650. The molecule has 17 heavy (non-hydrogen) atoms. The maximum atomic E-state index is 4.22. The summed E-state index contributed by atoms with van der Waals surface area (Å²) in [6, 6.07) is 4.73. The first-order valence-electron chi connectivity index (χ1n) is 5.62. The lowest BCUT2D eigenvalue weighted by atomic mass is 10.3. The van der Waals surface area contributed by atoms with Crippen molar-refractivity contribution in [3.05, 3.63) is 39.0 Å². The zero-order valence-electron chi connectivity index (χ0n) is 9.98. The van der Waals surface area contributed by atoms with Crippen molar-refractivity contribution in [3.8, 4) is 0 Å². The molecule has 0 aliphatic heterocycles. The molecule has 5 heteroatoms. The zero-order valence-corrected chi connectivity index (χ0v) is 12.4. The number of thiophene rings is 1. The fraction of sp³-hybridized carbons (Fsp3) is 0.417. The average Bonchev–Trinajstić information content (AvgIpc) is 2.86. The minimum Gasteiger partial charge on any atom is -0.328 e. The molecular weight excluding hydrogens is 298 g/mol. The molecule has 0 bridgehead atoms. The van der Waals surface area contributed by atoms with Crippen LogP contribution in [0.5, 0.6) is 0 Å². The van der Waals surface area contributed by atoms with Gasteiger partial charge in [0.05, 0.1) is 22.4 Å². The SMILES string of the molecule is CC(C)NCc1cncn1Cc1ccc(Br)s1. The molecule has 0 aliphatic rings. The van der Waals surface area contributed by atoms with Crippen LogP contribution in [0.4, 0.5) is 0 Å². The van der Waals surface area contributed by atoms with Gasteiger partial charge in [0.25, 0.3) is 0 Å². The maximum Gasteiger partial charge on any atom is 0.0952 e. The van der Waals surface area contributed by atoms with Gasteiger partial charge in [0.15, 0.2) is 0 Å². The van der Waals surface area contributed by atoms with Gasteiger partial charge in [-0.3, -0.25) is 0 Å². The van der Waals surface area contributed by atoms with Crippen LogP contribution in [-0.4, -0.2) is 15.6 Å². The Kier molecular flexibility index (Phi) is 4.36. The van der Waals surface area contributed by atoms with E-state index in [4.69, 9.17) is 0 Å². The van der Waals surface area contributed by atoms with Crippen molar-refractivity contribution in [1.29, 1.82) is 0 Å². The molecule has 0 fully saturated rings. The molecule has 1 N–H and O–H groups in total. The molecule has 0 saturated carbocycles. The van der Waals surface area contributed by atoms with Crippen molar-refractivity contribution in [2.45, 2.75) is 33.0 Å². The van der Waals surface area contributed by atoms with E-state index in [1.165, 1.54) is 14.4 Å². The Bertz CT molecular complexity index is 476. The van der Waals surface area contributed by atoms with Crippen molar-refractivity contribution in [2.75, 3.05) is 0 Å². The normalized spacial score (nSPS) is 11.3. The van der Waals surface area contributed by atoms with Gasteiger partial charge in [0.1, 0.15) is 0 Å². The molecule has 0 aromatic carbocycles. The number of hydrogen-bond donors (Lipinski definition) is 1. The smallest absolute Gasteiger partial charge is 0.0952 e. The monoisotopic (exact) mass is 313 g/mol. The number of imidazole rings is 1. The van der Waals surface area contributed by atoms with E-state index < -0.39 is 0 Å². The molecule has 0 atom stereocenters. The molecule has 3 nitrogen and oxygen atoms in total. The van der Waals surface area contributed by atoms with E-state index in [1.807, 2.05) is 12.5 Å². The van der Waals surface area contributed by atoms with Crippen LogP contribution >= 0.6 is 27.3 Å². The average molecular weight is 314 g/mol. The first kappa shape index (κ1) is 12.8. The molecule has 0 unspecified atom stereocenters. The van der Waals surface area contributed by atoms with E-state index in [0.717, 1.165) is 13.1 Å². The van der Waals surface area contributed by atoms with Gasteiger partial charge in [-0.05, 0) is 28.1 Å². The molecule has 2 rings (SSSR count). The lowest BCUT2D eigenvalue weighted by molar-refractivity contribution is 0.565. The van der Waals surface area contributed by atoms with Gasteiger partial charge in [0, 0.05) is 23.7 Å². The van der Waals surface area contributed by atoms with Crippen molar-refractivity contribution in [1.82, 2.24) is 14.9 Å². The topological polar surface area (TPSA) is 29.9 Å². The summed E-state index contributed by atoms with van der Waals surface area (Å²) < 4.78 is 3.36. The second-order valence-corrected chi connectivity index (χ2v) is 6.80. The Morgan fingerprint density at radius 3 is 2.94 bits per heavy atom. The van der Waals surface area contributed by atoms with Gasteiger partial charge in [-0.2, -0.15) is 0 Å². The van der Waals surface area contributed by atoms with Crippen LogP contribution in [0.2, 0.25) is 0 Å². The van der Waals surface area contributed by atoms with Crippen molar-refractivity contribution < 1.29 is 0 Å². The molecule has 2 aromatic rings. The van der Waals surface area contributed by atoms with Crippen LogP contribution in [0.3, 0.4) is 0 Å². The van der Waals surface area contributed by atoms with Crippen LogP contribution in [0, 0.1) is 0 Å². The molecule has 0 amide bonds. The Labute approximate surface area is 114 Å². The van der Waals surface area contributed by atoms with Crippen LogP contribution in [-0.2, 0) is 13.1 Å². The predicted molar refractivity (Wildman–Crippen MR) is 75.3 cm³/mol. The summed E-state index contributed by atoms with van der Waals surface area (Å²) in [5.74, 6) is 0. The van der Waals surface area contributed by atoms with E-state index in [-0.39, 0.29) is 0 Å². The number of rotatable bonds is 5. The van der Waals surface area contributed by atoms with Crippen LogP contribution in [0.15, 0.2) is 28.4 Å². The summed E-state index contributed by atoms with van der Waals surface area (Å²) >= 11 is 5.25. The standard InChI is InChI=1S/C12H16BrN3S/c1-9(2)15-6-10-5-14-8-16(10)7-11-3-4-12(13)17-11/h3-5,8-9,15H,6-7H2,1-2H3. The van der Waals surface area contributed by atoms with Gasteiger partial charge in [0.2, 0.25) is 0 Å². The van der Waals surface area contributed by atoms with Crippen molar-refractivity contribution >= 4 is 27.3 Å².